The van der Waals surface area contributed by atoms with Gasteiger partial charge in [0.15, 0.2) is 0 Å². The van der Waals surface area contributed by atoms with Gasteiger partial charge in [0.05, 0.1) is 12.3 Å². The van der Waals surface area contributed by atoms with Crippen LogP contribution in [-0.2, 0) is 6.42 Å². The van der Waals surface area contributed by atoms with Gasteiger partial charge < -0.3 is 9.32 Å². The van der Waals surface area contributed by atoms with Gasteiger partial charge in [0.2, 0.25) is 11.8 Å². The molecule has 0 saturated carbocycles. The van der Waals surface area contributed by atoms with E-state index in [1.807, 2.05) is 65.6 Å². The van der Waals surface area contributed by atoms with Crippen LogP contribution in [0.4, 0.5) is 0 Å². The van der Waals surface area contributed by atoms with Crippen molar-refractivity contribution in [3.05, 3.63) is 83.6 Å². The van der Waals surface area contributed by atoms with Gasteiger partial charge in [-0.25, -0.2) is 0 Å². The Morgan fingerprint density at radius 2 is 1.76 bits per heavy atom. The fourth-order valence-corrected chi connectivity index (χ4v) is 3.18. The van der Waals surface area contributed by atoms with Crippen LogP contribution in [0, 0.1) is 0 Å². The fourth-order valence-electron chi connectivity index (χ4n) is 3.18. The van der Waals surface area contributed by atoms with Crippen molar-refractivity contribution < 1.29 is 9.21 Å². The molecule has 0 spiro atoms. The summed E-state index contributed by atoms with van der Waals surface area (Å²) < 4.78 is 5.85. The molecule has 2 aromatic carbocycles. The lowest BCUT2D eigenvalue weighted by Crippen LogP contribution is -2.28. The molecule has 1 aliphatic heterocycles. The first-order chi connectivity index (χ1) is 12.3. The third kappa shape index (κ3) is 3.45. The Bertz CT molecular complexity index is 846. The second-order valence-corrected chi connectivity index (χ2v) is 6.30. The highest BCUT2D eigenvalue weighted by molar-refractivity contribution is 5.94. The van der Waals surface area contributed by atoms with Crippen molar-refractivity contribution in [1.82, 2.24) is 15.1 Å². The molecule has 5 heteroatoms. The molecule has 4 rings (SSSR count). The molecular weight excluding hydrogens is 314 g/mol. The zero-order valence-corrected chi connectivity index (χ0v) is 13.8. The minimum atomic E-state index is 0.0622. The van der Waals surface area contributed by atoms with E-state index in [1.165, 1.54) is 0 Å². The topological polar surface area (TPSA) is 59.2 Å². The number of hydrogen-bond acceptors (Lipinski definition) is 4. The van der Waals surface area contributed by atoms with E-state index in [0.717, 1.165) is 24.1 Å². The van der Waals surface area contributed by atoms with E-state index >= 15 is 0 Å². The summed E-state index contributed by atoms with van der Waals surface area (Å²) >= 11 is 0. The summed E-state index contributed by atoms with van der Waals surface area (Å²) in [6.07, 6.45) is 1.48. The van der Waals surface area contributed by atoms with E-state index < -0.39 is 0 Å². The smallest absolute Gasteiger partial charge is 0.253 e. The lowest BCUT2D eigenvalue weighted by atomic mass is 10.1. The molecule has 5 nitrogen and oxygen atoms in total. The van der Waals surface area contributed by atoms with Crippen molar-refractivity contribution in [3.8, 4) is 0 Å². The molecule has 25 heavy (non-hydrogen) atoms. The normalized spacial score (nSPS) is 17.0. The van der Waals surface area contributed by atoms with Crippen LogP contribution in [0.25, 0.3) is 0 Å². The van der Waals surface area contributed by atoms with Gasteiger partial charge in [0.25, 0.3) is 5.91 Å². The van der Waals surface area contributed by atoms with Crippen LogP contribution >= 0.6 is 0 Å². The number of nitrogens with zero attached hydrogens (tertiary/aromatic N) is 3. The van der Waals surface area contributed by atoms with Crippen LogP contribution < -0.4 is 0 Å². The van der Waals surface area contributed by atoms with Crippen molar-refractivity contribution >= 4 is 5.91 Å². The Hall–Kier alpha value is -2.95. The second kappa shape index (κ2) is 6.89. The monoisotopic (exact) mass is 333 g/mol. The number of likely N-dealkylation sites (tertiary alicyclic amines) is 1. The molecule has 3 aromatic rings. The first kappa shape index (κ1) is 15.6. The zero-order chi connectivity index (χ0) is 17.1. The largest absolute Gasteiger partial charge is 0.425 e. The molecule has 1 fully saturated rings. The summed E-state index contributed by atoms with van der Waals surface area (Å²) in [5.74, 6) is 1.43. The number of carbonyl (C=O) groups excluding carboxylic acids is 1. The van der Waals surface area contributed by atoms with Gasteiger partial charge in [-0.3, -0.25) is 4.79 Å². The van der Waals surface area contributed by atoms with Crippen molar-refractivity contribution in [2.75, 3.05) is 13.1 Å². The number of benzene rings is 2. The van der Waals surface area contributed by atoms with Crippen LogP contribution in [0.1, 0.15) is 40.0 Å². The third-order valence-electron chi connectivity index (χ3n) is 4.53. The van der Waals surface area contributed by atoms with E-state index in [9.17, 15) is 4.79 Å². The van der Waals surface area contributed by atoms with Crippen molar-refractivity contribution in [1.29, 1.82) is 0 Å². The van der Waals surface area contributed by atoms with E-state index in [2.05, 4.69) is 10.2 Å². The Labute approximate surface area is 146 Å². The lowest BCUT2D eigenvalue weighted by molar-refractivity contribution is 0.0790. The van der Waals surface area contributed by atoms with Gasteiger partial charge in [0, 0.05) is 18.7 Å². The van der Waals surface area contributed by atoms with Gasteiger partial charge in [-0.2, -0.15) is 0 Å². The van der Waals surface area contributed by atoms with Crippen LogP contribution in [0.5, 0.6) is 0 Å². The fraction of sp³-hybridized carbons (Fsp3) is 0.250. The molecular formula is C20H19N3O2. The highest BCUT2D eigenvalue weighted by atomic mass is 16.4. The van der Waals surface area contributed by atoms with Crippen molar-refractivity contribution in [2.45, 2.75) is 18.8 Å². The number of aromatic nitrogens is 2. The summed E-state index contributed by atoms with van der Waals surface area (Å²) in [5.41, 5.74) is 1.86. The molecule has 0 aliphatic carbocycles. The number of amides is 1. The number of hydrogen-bond donors (Lipinski definition) is 0. The predicted molar refractivity (Wildman–Crippen MR) is 93.2 cm³/mol. The number of rotatable bonds is 4. The molecule has 1 aliphatic rings. The van der Waals surface area contributed by atoms with Crippen LogP contribution in [0.3, 0.4) is 0 Å². The Kier molecular flexibility index (Phi) is 4.29. The molecule has 1 unspecified atom stereocenters. The molecule has 0 radical (unpaired) electrons. The maximum atomic E-state index is 12.5. The minimum Gasteiger partial charge on any atom is -0.425 e. The van der Waals surface area contributed by atoms with Crippen LogP contribution in [-0.4, -0.2) is 34.1 Å². The highest BCUT2D eigenvalue weighted by Gasteiger charge is 2.31. The zero-order valence-electron chi connectivity index (χ0n) is 13.8. The summed E-state index contributed by atoms with van der Waals surface area (Å²) in [4.78, 5) is 14.4. The van der Waals surface area contributed by atoms with Crippen molar-refractivity contribution in [2.24, 2.45) is 0 Å². The van der Waals surface area contributed by atoms with Gasteiger partial charge in [-0.15, -0.1) is 10.2 Å². The summed E-state index contributed by atoms with van der Waals surface area (Å²) in [6.45, 7) is 1.34. The molecule has 2 heterocycles. The molecule has 1 aromatic heterocycles. The van der Waals surface area contributed by atoms with Crippen LogP contribution in [0.15, 0.2) is 65.1 Å². The summed E-state index contributed by atoms with van der Waals surface area (Å²) in [5, 5.41) is 8.37. The number of carbonyl (C=O) groups is 1. The Morgan fingerprint density at radius 3 is 2.52 bits per heavy atom. The minimum absolute atomic E-state index is 0.0622. The van der Waals surface area contributed by atoms with Gasteiger partial charge in [-0.05, 0) is 24.1 Å². The highest BCUT2D eigenvalue weighted by Crippen LogP contribution is 2.27. The predicted octanol–water partition coefficient (Wildman–Crippen LogP) is 3.29. The maximum Gasteiger partial charge on any atom is 0.253 e. The van der Waals surface area contributed by atoms with E-state index in [-0.39, 0.29) is 11.8 Å². The molecule has 126 valence electrons. The third-order valence-corrected chi connectivity index (χ3v) is 4.53. The van der Waals surface area contributed by atoms with E-state index in [1.54, 1.807) is 0 Å². The molecule has 1 atom stereocenters. The second-order valence-electron chi connectivity index (χ2n) is 6.30. The standard InChI is InChI=1S/C20H19N3O2/c24-20(16-9-5-2-6-10-16)23-12-11-17(14-23)19-22-21-18(25-19)13-15-7-3-1-4-8-15/h1-10,17H,11-14H2. The first-order valence-electron chi connectivity index (χ1n) is 8.50. The van der Waals surface area contributed by atoms with E-state index in [4.69, 9.17) is 4.42 Å². The summed E-state index contributed by atoms with van der Waals surface area (Å²) in [6, 6.07) is 19.4. The van der Waals surface area contributed by atoms with E-state index in [0.29, 0.717) is 24.7 Å². The molecule has 1 amide bonds. The Balaban J connectivity index is 1.41. The molecule has 0 N–H and O–H groups in total. The van der Waals surface area contributed by atoms with Gasteiger partial charge >= 0.3 is 0 Å². The summed E-state index contributed by atoms with van der Waals surface area (Å²) in [7, 11) is 0. The van der Waals surface area contributed by atoms with Gasteiger partial charge in [0.1, 0.15) is 0 Å². The quantitative estimate of drug-likeness (QED) is 0.735. The molecule has 0 bridgehead atoms. The first-order valence-corrected chi connectivity index (χ1v) is 8.50. The lowest BCUT2D eigenvalue weighted by Gasteiger charge is -2.15. The Morgan fingerprint density at radius 1 is 1.04 bits per heavy atom. The van der Waals surface area contributed by atoms with Crippen LogP contribution in [0.2, 0.25) is 0 Å². The average molecular weight is 333 g/mol. The maximum absolute atomic E-state index is 12.5. The van der Waals surface area contributed by atoms with Crippen molar-refractivity contribution in [3.63, 3.8) is 0 Å². The average Bonchev–Trinajstić information content (AvgIpc) is 3.32. The molecule has 1 saturated heterocycles. The van der Waals surface area contributed by atoms with Gasteiger partial charge in [-0.1, -0.05) is 48.5 Å². The SMILES string of the molecule is O=C(c1ccccc1)N1CCC(c2nnc(Cc3ccccc3)o2)C1.